The lowest BCUT2D eigenvalue weighted by molar-refractivity contribution is 0.0697. The Morgan fingerprint density at radius 3 is 2.86 bits per heavy atom. The van der Waals surface area contributed by atoms with E-state index in [1.807, 2.05) is 0 Å². The number of hydrogen-bond acceptors (Lipinski definition) is 2. The molecule has 1 aromatic rings. The van der Waals surface area contributed by atoms with Crippen LogP contribution in [0.15, 0.2) is 22.7 Å². The van der Waals surface area contributed by atoms with Gasteiger partial charge in [0, 0.05) is 10.2 Å². The zero-order valence-electron chi connectivity index (χ0n) is 7.25. The number of carboxylic acids is 1. The lowest BCUT2D eigenvalue weighted by Gasteiger charge is -2.04. The average Bonchev–Trinajstić information content (AvgIpc) is 2.14. The van der Waals surface area contributed by atoms with E-state index in [9.17, 15) is 4.79 Å². The molecule has 1 aromatic carbocycles. The van der Waals surface area contributed by atoms with Gasteiger partial charge in [-0.05, 0) is 18.2 Å². The van der Waals surface area contributed by atoms with E-state index in [0.29, 0.717) is 16.7 Å². The van der Waals surface area contributed by atoms with Gasteiger partial charge in [0.2, 0.25) is 0 Å². The summed E-state index contributed by atoms with van der Waals surface area (Å²) in [5, 5.41) is 11.7. The Kier molecular flexibility index (Phi) is 3.55. The molecule has 0 radical (unpaired) electrons. The Morgan fingerprint density at radius 1 is 1.57 bits per heavy atom. The molecular weight excluding hydrogens is 246 g/mol. The predicted molar refractivity (Wildman–Crippen MR) is 58.4 cm³/mol. The highest BCUT2D eigenvalue weighted by Crippen LogP contribution is 2.19. The fourth-order valence-electron chi connectivity index (χ4n) is 0.968. The number of halogens is 1. The topological polar surface area (TPSA) is 49.3 Å². The van der Waals surface area contributed by atoms with Gasteiger partial charge in [0.05, 0.1) is 12.1 Å². The monoisotopic (exact) mass is 253 g/mol. The Hall–Kier alpha value is -1.47. The fourth-order valence-corrected chi connectivity index (χ4v) is 1.46. The van der Waals surface area contributed by atoms with Gasteiger partial charge in [0.15, 0.2) is 0 Å². The smallest absolute Gasteiger partial charge is 0.335 e. The van der Waals surface area contributed by atoms with Gasteiger partial charge in [0.1, 0.15) is 0 Å². The molecule has 0 aliphatic rings. The first-order chi connectivity index (χ1) is 6.63. The summed E-state index contributed by atoms with van der Waals surface area (Å²) < 4.78 is 0.705. The van der Waals surface area contributed by atoms with Crippen molar-refractivity contribution in [3.8, 4) is 12.3 Å². The van der Waals surface area contributed by atoms with Crippen LogP contribution >= 0.6 is 15.9 Å². The van der Waals surface area contributed by atoms with E-state index in [4.69, 9.17) is 11.5 Å². The van der Waals surface area contributed by atoms with Gasteiger partial charge in [-0.15, -0.1) is 6.42 Å². The van der Waals surface area contributed by atoms with Crippen molar-refractivity contribution >= 4 is 27.6 Å². The summed E-state index contributed by atoms with van der Waals surface area (Å²) in [5.41, 5.74) is 0.911. The van der Waals surface area contributed by atoms with E-state index in [2.05, 4.69) is 27.2 Å². The summed E-state index contributed by atoms with van der Waals surface area (Å²) in [7, 11) is 0. The van der Waals surface area contributed by atoms with Crippen LogP contribution in [0.2, 0.25) is 0 Å². The lowest BCUT2D eigenvalue weighted by atomic mass is 10.2. The number of terminal acetylenes is 1. The number of carboxylic acid groups (broad SMARTS) is 1. The quantitative estimate of drug-likeness (QED) is 0.813. The molecule has 0 bridgehead atoms. The molecule has 1 rings (SSSR count). The maximum Gasteiger partial charge on any atom is 0.335 e. The van der Waals surface area contributed by atoms with Gasteiger partial charge in [-0.2, -0.15) is 0 Å². The fraction of sp³-hybridized carbons (Fsp3) is 0.100. The van der Waals surface area contributed by atoms with Crippen LogP contribution in [0.25, 0.3) is 0 Å². The molecule has 4 heteroatoms. The van der Waals surface area contributed by atoms with Crippen LogP contribution in [0.1, 0.15) is 10.4 Å². The molecular formula is C10H8BrNO2. The van der Waals surface area contributed by atoms with Crippen molar-refractivity contribution in [1.82, 2.24) is 0 Å². The minimum atomic E-state index is -0.963. The number of hydrogen-bond donors (Lipinski definition) is 2. The Balaban J connectivity index is 2.96. The number of benzene rings is 1. The second-order valence-electron chi connectivity index (χ2n) is 2.59. The molecule has 0 fully saturated rings. The van der Waals surface area contributed by atoms with Crippen LogP contribution in [0.4, 0.5) is 5.69 Å². The average molecular weight is 254 g/mol. The molecule has 2 N–H and O–H groups in total. The molecule has 3 nitrogen and oxygen atoms in total. The molecule has 0 amide bonds. The lowest BCUT2D eigenvalue weighted by Crippen LogP contribution is -2.01. The number of nitrogens with one attached hydrogen (secondary N) is 1. The first-order valence-electron chi connectivity index (χ1n) is 3.84. The predicted octanol–water partition coefficient (Wildman–Crippen LogP) is 2.19. The molecule has 14 heavy (non-hydrogen) atoms. The first-order valence-corrected chi connectivity index (χ1v) is 4.64. The zero-order valence-corrected chi connectivity index (χ0v) is 8.84. The van der Waals surface area contributed by atoms with Gasteiger partial charge in [-0.1, -0.05) is 21.9 Å². The molecule has 0 saturated heterocycles. The third-order valence-electron chi connectivity index (χ3n) is 1.54. The summed E-state index contributed by atoms with van der Waals surface area (Å²) in [6.45, 7) is 0.371. The summed E-state index contributed by atoms with van der Waals surface area (Å²) in [6, 6.07) is 4.83. The van der Waals surface area contributed by atoms with Crippen LogP contribution in [-0.2, 0) is 0 Å². The summed E-state index contributed by atoms with van der Waals surface area (Å²) >= 11 is 3.22. The SMILES string of the molecule is C#CCNc1cc(Br)cc(C(=O)O)c1. The van der Waals surface area contributed by atoms with E-state index < -0.39 is 5.97 Å². The molecule has 0 saturated carbocycles. The highest BCUT2D eigenvalue weighted by molar-refractivity contribution is 9.10. The minimum absolute atomic E-state index is 0.221. The largest absolute Gasteiger partial charge is 0.478 e. The van der Waals surface area contributed by atoms with E-state index in [1.54, 1.807) is 6.07 Å². The van der Waals surface area contributed by atoms with Crippen molar-refractivity contribution < 1.29 is 9.90 Å². The molecule has 0 spiro atoms. The Labute approximate surface area is 90.3 Å². The van der Waals surface area contributed by atoms with Crippen molar-refractivity contribution in [2.24, 2.45) is 0 Å². The number of anilines is 1. The normalized spacial score (nSPS) is 9.14. The van der Waals surface area contributed by atoms with Gasteiger partial charge in [-0.3, -0.25) is 0 Å². The number of rotatable bonds is 3. The van der Waals surface area contributed by atoms with Crippen LogP contribution in [-0.4, -0.2) is 17.6 Å². The molecule has 0 heterocycles. The molecule has 0 aromatic heterocycles. The maximum absolute atomic E-state index is 10.7. The third-order valence-corrected chi connectivity index (χ3v) is 2.00. The van der Waals surface area contributed by atoms with Crippen molar-refractivity contribution in [2.45, 2.75) is 0 Å². The molecule has 0 aliphatic carbocycles. The van der Waals surface area contributed by atoms with E-state index >= 15 is 0 Å². The highest BCUT2D eigenvalue weighted by Gasteiger charge is 2.05. The maximum atomic E-state index is 10.7. The van der Waals surface area contributed by atoms with Crippen LogP contribution in [0.5, 0.6) is 0 Å². The zero-order chi connectivity index (χ0) is 10.6. The van der Waals surface area contributed by atoms with Crippen molar-refractivity contribution in [3.63, 3.8) is 0 Å². The van der Waals surface area contributed by atoms with Gasteiger partial charge >= 0.3 is 5.97 Å². The van der Waals surface area contributed by atoms with Crippen LogP contribution in [0, 0.1) is 12.3 Å². The molecule has 0 unspecified atom stereocenters. The van der Waals surface area contributed by atoms with Crippen molar-refractivity contribution in [2.75, 3.05) is 11.9 Å². The minimum Gasteiger partial charge on any atom is -0.478 e. The van der Waals surface area contributed by atoms with Gasteiger partial charge < -0.3 is 10.4 Å². The third kappa shape index (κ3) is 2.79. The second kappa shape index (κ2) is 4.68. The van der Waals surface area contributed by atoms with Crippen LogP contribution < -0.4 is 5.32 Å². The highest BCUT2D eigenvalue weighted by atomic mass is 79.9. The summed E-state index contributed by atoms with van der Waals surface area (Å²) in [6.07, 6.45) is 5.07. The van der Waals surface area contributed by atoms with Gasteiger partial charge in [-0.25, -0.2) is 4.79 Å². The van der Waals surface area contributed by atoms with Crippen LogP contribution in [0.3, 0.4) is 0 Å². The van der Waals surface area contributed by atoms with E-state index in [-0.39, 0.29) is 5.56 Å². The summed E-state index contributed by atoms with van der Waals surface area (Å²) in [5.74, 6) is 1.45. The molecule has 0 atom stereocenters. The molecule has 72 valence electrons. The number of carbonyl (C=O) groups is 1. The van der Waals surface area contributed by atoms with E-state index in [1.165, 1.54) is 12.1 Å². The number of aromatic carboxylic acids is 1. The summed E-state index contributed by atoms with van der Waals surface area (Å²) in [4.78, 5) is 10.7. The van der Waals surface area contributed by atoms with E-state index in [0.717, 1.165) is 0 Å². The van der Waals surface area contributed by atoms with Crippen molar-refractivity contribution in [1.29, 1.82) is 0 Å². The second-order valence-corrected chi connectivity index (χ2v) is 3.51. The first kappa shape index (κ1) is 10.6. The standard InChI is InChI=1S/C10H8BrNO2/c1-2-3-12-9-5-7(10(13)14)4-8(11)6-9/h1,4-6,12H,3H2,(H,13,14). The van der Waals surface area contributed by atoms with Gasteiger partial charge in [0.25, 0.3) is 0 Å². The Bertz CT molecular complexity index is 396. The Morgan fingerprint density at radius 2 is 2.29 bits per heavy atom. The van der Waals surface area contributed by atoms with Crippen molar-refractivity contribution in [3.05, 3.63) is 28.2 Å². The molecule has 0 aliphatic heterocycles.